The molecule has 0 aliphatic carbocycles. The minimum Gasteiger partial charge on any atom is -0.481 e. The third-order valence-corrected chi connectivity index (χ3v) is 3.47. The third-order valence-electron chi connectivity index (χ3n) is 3.47. The summed E-state index contributed by atoms with van der Waals surface area (Å²) < 4.78 is 4.82. The molecule has 1 rings (SSSR count). The molecule has 1 fully saturated rings. The first kappa shape index (κ1) is 17.2. The van der Waals surface area contributed by atoms with E-state index in [0.717, 1.165) is 0 Å². The molecule has 0 aromatic rings. The van der Waals surface area contributed by atoms with E-state index in [1.165, 1.54) is 7.11 Å². The number of carbonyl (C=O) groups is 3. The van der Waals surface area contributed by atoms with Gasteiger partial charge in [-0.05, 0) is 19.8 Å². The number of piperidine rings is 1. The van der Waals surface area contributed by atoms with E-state index in [9.17, 15) is 14.4 Å². The normalized spacial score (nSPS) is 17.1. The first-order valence-electron chi connectivity index (χ1n) is 7.00. The standard InChI is InChI=1S/C13H23N3O5/c1-9(11(17)14-5-8-21-2)15-13(20)16-6-3-10(4-7-16)12(18)19/h9-10H,3-8H2,1-2H3,(H,14,17)(H,15,20)(H,18,19). The quantitative estimate of drug-likeness (QED) is 0.581. The fourth-order valence-corrected chi connectivity index (χ4v) is 2.10. The minimum absolute atomic E-state index is 0.277. The molecule has 0 aromatic heterocycles. The van der Waals surface area contributed by atoms with Gasteiger partial charge in [0, 0.05) is 26.7 Å². The van der Waals surface area contributed by atoms with E-state index in [4.69, 9.17) is 9.84 Å². The van der Waals surface area contributed by atoms with Crippen molar-refractivity contribution >= 4 is 17.9 Å². The molecule has 8 nitrogen and oxygen atoms in total. The van der Waals surface area contributed by atoms with Gasteiger partial charge in [-0.25, -0.2) is 4.79 Å². The van der Waals surface area contributed by atoms with Crippen molar-refractivity contribution in [2.24, 2.45) is 5.92 Å². The van der Waals surface area contributed by atoms with E-state index in [-0.39, 0.29) is 17.9 Å². The zero-order valence-electron chi connectivity index (χ0n) is 12.4. The maximum Gasteiger partial charge on any atom is 0.318 e. The van der Waals surface area contributed by atoms with Crippen molar-refractivity contribution in [3.63, 3.8) is 0 Å². The van der Waals surface area contributed by atoms with Crippen LogP contribution in [0.15, 0.2) is 0 Å². The Balaban J connectivity index is 2.33. The lowest BCUT2D eigenvalue weighted by atomic mass is 9.97. The summed E-state index contributed by atoms with van der Waals surface area (Å²) in [5.74, 6) is -1.48. The second-order valence-electron chi connectivity index (χ2n) is 5.05. The minimum atomic E-state index is -0.819. The molecule has 3 amide bonds. The number of likely N-dealkylation sites (tertiary alicyclic amines) is 1. The molecule has 1 unspecified atom stereocenters. The molecule has 120 valence electrons. The zero-order valence-corrected chi connectivity index (χ0v) is 12.4. The molecule has 0 spiro atoms. The lowest BCUT2D eigenvalue weighted by molar-refractivity contribution is -0.143. The first-order chi connectivity index (χ1) is 9.95. The molecule has 8 heteroatoms. The van der Waals surface area contributed by atoms with Crippen LogP contribution in [0.25, 0.3) is 0 Å². The van der Waals surface area contributed by atoms with Gasteiger partial charge in [0.1, 0.15) is 6.04 Å². The van der Waals surface area contributed by atoms with Gasteiger partial charge in [-0.3, -0.25) is 9.59 Å². The molecular weight excluding hydrogens is 278 g/mol. The molecule has 1 atom stereocenters. The molecule has 1 heterocycles. The van der Waals surface area contributed by atoms with Gasteiger partial charge in [0.2, 0.25) is 5.91 Å². The van der Waals surface area contributed by atoms with E-state index in [1.54, 1.807) is 11.8 Å². The summed E-state index contributed by atoms with van der Waals surface area (Å²) in [5.41, 5.74) is 0. The number of rotatable bonds is 6. The van der Waals surface area contributed by atoms with Crippen LogP contribution in [-0.4, -0.2) is 67.3 Å². The van der Waals surface area contributed by atoms with Crippen molar-refractivity contribution in [3.05, 3.63) is 0 Å². The van der Waals surface area contributed by atoms with Gasteiger partial charge in [0.15, 0.2) is 0 Å². The number of carboxylic acids is 1. The maximum absolute atomic E-state index is 12.0. The Morgan fingerprint density at radius 1 is 1.33 bits per heavy atom. The summed E-state index contributed by atoms with van der Waals surface area (Å²) in [5, 5.41) is 14.1. The number of hydrogen-bond acceptors (Lipinski definition) is 4. The third kappa shape index (κ3) is 5.58. The van der Waals surface area contributed by atoms with Crippen molar-refractivity contribution in [2.45, 2.75) is 25.8 Å². The van der Waals surface area contributed by atoms with Crippen LogP contribution in [0.3, 0.4) is 0 Å². The van der Waals surface area contributed by atoms with Gasteiger partial charge in [-0.2, -0.15) is 0 Å². The number of carbonyl (C=O) groups excluding carboxylic acids is 2. The fraction of sp³-hybridized carbons (Fsp3) is 0.769. The van der Waals surface area contributed by atoms with Crippen LogP contribution in [0.1, 0.15) is 19.8 Å². The van der Waals surface area contributed by atoms with Gasteiger partial charge in [0.05, 0.1) is 12.5 Å². The molecule has 1 aliphatic heterocycles. The molecule has 1 saturated heterocycles. The second-order valence-corrected chi connectivity index (χ2v) is 5.05. The number of ether oxygens (including phenoxy) is 1. The summed E-state index contributed by atoms with van der Waals surface area (Å²) in [6, 6.07) is -0.986. The van der Waals surface area contributed by atoms with Gasteiger partial charge < -0.3 is 25.4 Å². The number of carboxylic acid groups (broad SMARTS) is 1. The monoisotopic (exact) mass is 301 g/mol. The Kier molecular flexibility index (Phi) is 6.93. The molecule has 1 aliphatic rings. The molecule has 21 heavy (non-hydrogen) atoms. The average molecular weight is 301 g/mol. The number of methoxy groups -OCH3 is 1. The smallest absolute Gasteiger partial charge is 0.318 e. The summed E-state index contributed by atoms with van der Waals surface area (Å²) in [7, 11) is 1.54. The van der Waals surface area contributed by atoms with Crippen LogP contribution in [0, 0.1) is 5.92 Å². The Bertz CT molecular complexity index is 380. The highest BCUT2D eigenvalue weighted by atomic mass is 16.5. The second kappa shape index (κ2) is 8.46. The predicted octanol–water partition coefficient (Wildman–Crippen LogP) is -0.356. The van der Waals surface area contributed by atoms with Crippen LogP contribution in [0.2, 0.25) is 0 Å². The Hall–Kier alpha value is -1.83. The van der Waals surface area contributed by atoms with Crippen LogP contribution in [0.4, 0.5) is 4.79 Å². The molecular formula is C13H23N3O5. The zero-order chi connectivity index (χ0) is 15.8. The highest BCUT2D eigenvalue weighted by Gasteiger charge is 2.28. The van der Waals surface area contributed by atoms with Crippen LogP contribution in [-0.2, 0) is 14.3 Å². The molecule has 0 radical (unpaired) electrons. The summed E-state index contributed by atoms with van der Waals surface area (Å²) in [6.45, 7) is 3.18. The van der Waals surface area contributed by atoms with Gasteiger partial charge in [-0.15, -0.1) is 0 Å². The van der Waals surface area contributed by atoms with Crippen LogP contribution >= 0.6 is 0 Å². The van der Waals surface area contributed by atoms with Crippen LogP contribution < -0.4 is 10.6 Å². The largest absolute Gasteiger partial charge is 0.481 e. The Labute approximate surface area is 123 Å². The Morgan fingerprint density at radius 3 is 2.48 bits per heavy atom. The number of hydrogen-bond donors (Lipinski definition) is 3. The van der Waals surface area contributed by atoms with Crippen molar-refractivity contribution < 1.29 is 24.2 Å². The fourth-order valence-electron chi connectivity index (χ4n) is 2.10. The van der Waals surface area contributed by atoms with E-state index in [1.807, 2.05) is 0 Å². The van der Waals surface area contributed by atoms with E-state index < -0.39 is 12.0 Å². The van der Waals surface area contributed by atoms with Gasteiger partial charge >= 0.3 is 12.0 Å². The van der Waals surface area contributed by atoms with Gasteiger partial charge in [0.25, 0.3) is 0 Å². The van der Waals surface area contributed by atoms with Crippen LogP contribution in [0.5, 0.6) is 0 Å². The molecule has 0 aromatic carbocycles. The maximum atomic E-state index is 12.0. The Morgan fingerprint density at radius 2 is 1.95 bits per heavy atom. The van der Waals surface area contributed by atoms with E-state index >= 15 is 0 Å². The number of nitrogens with one attached hydrogen (secondary N) is 2. The summed E-state index contributed by atoms with van der Waals surface area (Å²) >= 11 is 0. The summed E-state index contributed by atoms with van der Waals surface area (Å²) in [4.78, 5) is 36.1. The molecule has 0 saturated carbocycles. The molecule has 3 N–H and O–H groups in total. The van der Waals surface area contributed by atoms with Crippen molar-refractivity contribution in [2.75, 3.05) is 33.4 Å². The van der Waals surface area contributed by atoms with Gasteiger partial charge in [-0.1, -0.05) is 0 Å². The van der Waals surface area contributed by atoms with Crippen molar-refractivity contribution in [3.8, 4) is 0 Å². The average Bonchev–Trinajstić information content (AvgIpc) is 2.47. The van der Waals surface area contributed by atoms with Crippen molar-refractivity contribution in [1.29, 1.82) is 0 Å². The lowest BCUT2D eigenvalue weighted by Gasteiger charge is -2.31. The number of nitrogens with zero attached hydrogens (tertiary/aromatic N) is 1. The highest BCUT2D eigenvalue weighted by molar-refractivity contribution is 5.86. The number of urea groups is 1. The first-order valence-corrected chi connectivity index (χ1v) is 7.00. The van der Waals surface area contributed by atoms with E-state index in [0.29, 0.717) is 39.1 Å². The highest BCUT2D eigenvalue weighted by Crippen LogP contribution is 2.17. The van der Waals surface area contributed by atoms with E-state index in [2.05, 4.69) is 10.6 Å². The topological polar surface area (TPSA) is 108 Å². The predicted molar refractivity (Wildman–Crippen MR) is 74.8 cm³/mol. The SMILES string of the molecule is COCCNC(=O)C(C)NC(=O)N1CCC(C(=O)O)CC1. The summed E-state index contributed by atoms with van der Waals surface area (Å²) in [6.07, 6.45) is 0.883. The van der Waals surface area contributed by atoms with Crippen molar-refractivity contribution in [1.82, 2.24) is 15.5 Å². The number of amides is 3. The molecule has 0 bridgehead atoms. The number of aliphatic carboxylic acids is 1. The lowest BCUT2D eigenvalue weighted by Crippen LogP contribution is -2.52.